The van der Waals surface area contributed by atoms with Crippen LogP contribution in [-0.4, -0.2) is 23.6 Å². The Morgan fingerprint density at radius 1 is 1.30 bits per heavy atom. The third-order valence-corrected chi connectivity index (χ3v) is 3.69. The van der Waals surface area contributed by atoms with E-state index in [-0.39, 0.29) is 6.10 Å². The van der Waals surface area contributed by atoms with Crippen molar-refractivity contribution in [3.8, 4) is 11.5 Å². The highest BCUT2D eigenvalue weighted by atomic mass is 16.6. The van der Waals surface area contributed by atoms with Gasteiger partial charge < -0.3 is 14.0 Å². The molecule has 0 fully saturated rings. The molecule has 4 nitrogen and oxygen atoms in total. The predicted octanol–water partition coefficient (Wildman–Crippen LogP) is 2.76. The van der Waals surface area contributed by atoms with Gasteiger partial charge in [-0.1, -0.05) is 12.1 Å². The number of aryl methyl sites for hydroxylation is 1. The molecule has 20 heavy (non-hydrogen) atoms. The van der Waals surface area contributed by atoms with Crippen molar-refractivity contribution < 1.29 is 14.3 Å². The maximum atomic E-state index is 11.0. The number of hydrogen-bond donors (Lipinski definition) is 0. The van der Waals surface area contributed by atoms with Gasteiger partial charge in [-0.15, -0.1) is 0 Å². The fraction of sp³-hybridized carbons (Fsp3) is 0.312. The summed E-state index contributed by atoms with van der Waals surface area (Å²) in [5, 5.41) is 0. The highest BCUT2D eigenvalue weighted by Gasteiger charge is 2.22. The average Bonchev–Trinajstić information content (AvgIpc) is 2.74. The van der Waals surface area contributed by atoms with Crippen molar-refractivity contribution in [3.05, 3.63) is 47.3 Å². The van der Waals surface area contributed by atoms with Gasteiger partial charge in [-0.05, 0) is 32.0 Å². The van der Waals surface area contributed by atoms with Crippen molar-refractivity contribution in [2.75, 3.05) is 6.61 Å². The number of aldehydes is 1. The fourth-order valence-corrected chi connectivity index (χ4v) is 2.58. The van der Waals surface area contributed by atoms with Crippen LogP contribution in [0.25, 0.3) is 0 Å². The lowest BCUT2D eigenvalue weighted by atomic mass is 10.2. The van der Waals surface area contributed by atoms with Gasteiger partial charge in [0, 0.05) is 17.0 Å². The van der Waals surface area contributed by atoms with Crippen molar-refractivity contribution in [3.63, 3.8) is 0 Å². The summed E-state index contributed by atoms with van der Waals surface area (Å²) in [6, 6.07) is 9.58. The summed E-state index contributed by atoms with van der Waals surface area (Å²) < 4.78 is 13.8. The van der Waals surface area contributed by atoms with Crippen molar-refractivity contribution in [2.45, 2.75) is 26.5 Å². The highest BCUT2D eigenvalue weighted by Crippen LogP contribution is 2.31. The zero-order chi connectivity index (χ0) is 14.1. The second kappa shape index (κ2) is 5.04. The van der Waals surface area contributed by atoms with Gasteiger partial charge in [-0.3, -0.25) is 4.79 Å². The number of nitrogens with zero attached hydrogens (tertiary/aromatic N) is 1. The van der Waals surface area contributed by atoms with Crippen molar-refractivity contribution >= 4 is 6.29 Å². The minimum atomic E-state index is -0.0470. The molecule has 3 rings (SSSR count). The van der Waals surface area contributed by atoms with Gasteiger partial charge in [-0.2, -0.15) is 0 Å². The Labute approximate surface area is 117 Å². The van der Waals surface area contributed by atoms with Gasteiger partial charge in [0.05, 0.1) is 6.54 Å². The van der Waals surface area contributed by atoms with Crippen LogP contribution in [0.4, 0.5) is 0 Å². The van der Waals surface area contributed by atoms with E-state index in [4.69, 9.17) is 9.47 Å². The van der Waals surface area contributed by atoms with E-state index in [1.807, 2.05) is 44.2 Å². The molecule has 2 aromatic rings. The van der Waals surface area contributed by atoms with Gasteiger partial charge in [0.2, 0.25) is 0 Å². The fourth-order valence-electron chi connectivity index (χ4n) is 2.58. The second-order valence-electron chi connectivity index (χ2n) is 5.05. The Kier molecular flexibility index (Phi) is 3.22. The molecule has 0 spiro atoms. The van der Waals surface area contributed by atoms with E-state index in [0.29, 0.717) is 13.2 Å². The van der Waals surface area contributed by atoms with Gasteiger partial charge in [-0.25, -0.2) is 0 Å². The van der Waals surface area contributed by atoms with E-state index in [1.54, 1.807) is 0 Å². The number of fused-ring (bicyclic) bond motifs is 1. The molecule has 1 aromatic carbocycles. The molecule has 1 aliphatic rings. The van der Waals surface area contributed by atoms with Crippen molar-refractivity contribution in [2.24, 2.45) is 0 Å². The number of rotatable bonds is 3. The normalized spacial score (nSPS) is 17.0. The number of aromatic nitrogens is 1. The number of hydrogen-bond acceptors (Lipinski definition) is 3. The third-order valence-electron chi connectivity index (χ3n) is 3.69. The monoisotopic (exact) mass is 271 g/mol. The smallest absolute Gasteiger partial charge is 0.161 e. The lowest BCUT2D eigenvalue weighted by Crippen LogP contribution is -2.33. The quantitative estimate of drug-likeness (QED) is 0.806. The van der Waals surface area contributed by atoms with Crippen LogP contribution in [0.5, 0.6) is 11.5 Å². The zero-order valence-electron chi connectivity index (χ0n) is 11.6. The minimum absolute atomic E-state index is 0.0470. The Bertz CT molecular complexity index is 645. The maximum absolute atomic E-state index is 11.0. The average molecular weight is 271 g/mol. The van der Waals surface area contributed by atoms with Crippen molar-refractivity contribution in [1.82, 2.24) is 4.57 Å². The number of para-hydroxylation sites is 2. The Morgan fingerprint density at radius 3 is 2.75 bits per heavy atom. The zero-order valence-corrected chi connectivity index (χ0v) is 11.6. The molecule has 1 aromatic heterocycles. The summed E-state index contributed by atoms with van der Waals surface area (Å²) in [5.74, 6) is 1.57. The number of carbonyl (C=O) groups excluding carboxylic acids is 1. The molecule has 0 unspecified atom stereocenters. The van der Waals surface area contributed by atoms with E-state index in [0.717, 1.165) is 34.7 Å². The molecule has 0 saturated carbocycles. The maximum Gasteiger partial charge on any atom is 0.161 e. The van der Waals surface area contributed by atoms with Gasteiger partial charge >= 0.3 is 0 Å². The number of benzene rings is 1. The van der Waals surface area contributed by atoms with Gasteiger partial charge in [0.1, 0.15) is 6.61 Å². The molecule has 0 aliphatic carbocycles. The number of carbonyl (C=O) groups is 1. The second-order valence-corrected chi connectivity index (χ2v) is 5.05. The largest absolute Gasteiger partial charge is 0.486 e. The topological polar surface area (TPSA) is 40.5 Å². The first-order valence-electron chi connectivity index (χ1n) is 6.69. The summed E-state index contributed by atoms with van der Waals surface area (Å²) >= 11 is 0. The summed E-state index contributed by atoms with van der Waals surface area (Å²) in [7, 11) is 0. The van der Waals surface area contributed by atoms with E-state index in [1.165, 1.54) is 0 Å². The lowest BCUT2D eigenvalue weighted by molar-refractivity contribution is 0.0778. The third kappa shape index (κ3) is 2.18. The van der Waals surface area contributed by atoms with Crippen molar-refractivity contribution in [1.29, 1.82) is 0 Å². The molecule has 2 heterocycles. The molecule has 0 radical (unpaired) electrons. The molecule has 1 atom stereocenters. The molecule has 0 N–H and O–H groups in total. The highest BCUT2D eigenvalue weighted by molar-refractivity contribution is 5.77. The first kappa shape index (κ1) is 12.8. The van der Waals surface area contributed by atoms with E-state index >= 15 is 0 Å². The predicted molar refractivity (Wildman–Crippen MR) is 75.6 cm³/mol. The van der Waals surface area contributed by atoms with Crippen LogP contribution in [0.15, 0.2) is 30.3 Å². The Hall–Kier alpha value is -2.23. The van der Waals surface area contributed by atoms with Crippen LogP contribution in [0.2, 0.25) is 0 Å². The SMILES string of the molecule is Cc1cc(C=O)c(C)n1C[C@H]1COc2ccccc2O1. The summed E-state index contributed by atoms with van der Waals surface area (Å²) in [5.41, 5.74) is 2.77. The minimum Gasteiger partial charge on any atom is -0.486 e. The summed E-state index contributed by atoms with van der Waals surface area (Å²) in [6.45, 7) is 5.15. The first-order chi connectivity index (χ1) is 9.69. The number of ether oxygens (including phenoxy) is 2. The van der Waals surface area contributed by atoms with E-state index in [2.05, 4.69) is 4.57 Å². The van der Waals surface area contributed by atoms with E-state index in [9.17, 15) is 4.79 Å². The Balaban J connectivity index is 1.80. The van der Waals surface area contributed by atoms with Gasteiger partial charge in [0.15, 0.2) is 23.9 Å². The van der Waals surface area contributed by atoms with Crippen LogP contribution >= 0.6 is 0 Å². The van der Waals surface area contributed by atoms with Crippen LogP contribution in [0.3, 0.4) is 0 Å². The van der Waals surface area contributed by atoms with Crippen LogP contribution in [0, 0.1) is 13.8 Å². The molecular weight excluding hydrogens is 254 g/mol. The first-order valence-corrected chi connectivity index (χ1v) is 6.69. The molecule has 104 valence electrons. The van der Waals surface area contributed by atoms with Crippen LogP contribution < -0.4 is 9.47 Å². The molecule has 1 aliphatic heterocycles. The Morgan fingerprint density at radius 2 is 2.05 bits per heavy atom. The van der Waals surface area contributed by atoms with E-state index < -0.39 is 0 Å². The van der Waals surface area contributed by atoms with Crippen LogP contribution in [-0.2, 0) is 6.54 Å². The molecule has 0 bridgehead atoms. The standard InChI is InChI=1S/C16H17NO3/c1-11-7-13(9-18)12(2)17(11)8-14-10-19-15-5-3-4-6-16(15)20-14/h3-7,9,14H,8,10H2,1-2H3/t14-/m0/s1. The molecule has 0 amide bonds. The van der Waals surface area contributed by atoms with Crippen LogP contribution in [0.1, 0.15) is 21.7 Å². The molecule has 0 saturated heterocycles. The molecular formula is C16H17NO3. The summed E-state index contributed by atoms with van der Waals surface area (Å²) in [6.07, 6.45) is 0.848. The molecule has 4 heteroatoms. The lowest BCUT2D eigenvalue weighted by Gasteiger charge is -2.27. The van der Waals surface area contributed by atoms with Gasteiger partial charge in [0.25, 0.3) is 0 Å². The summed E-state index contributed by atoms with van der Waals surface area (Å²) in [4.78, 5) is 11.0.